The maximum absolute atomic E-state index is 12.6. The molecule has 0 N–H and O–H groups in total. The lowest BCUT2D eigenvalue weighted by Gasteiger charge is -2.42. The number of fused-ring (bicyclic) bond motifs is 2. The average Bonchev–Trinajstić information content (AvgIpc) is 3.31. The second-order valence-corrected chi connectivity index (χ2v) is 9.78. The number of likely N-dealkylation sites (N-methyl/N-ethyl adjacent to an activating group) is 1. The van der Waals surface area contributed by atoms with Crippen molar-refractivity contribution in [3.63, 3.8) is 0 Å². The second-order valence-electron chi connectivity index (χ2n) is 9.78. The van der Waals surface area contributed by atoms with Crippen LogP contribution in [0.15, 0.2) is 49.1 Å². The molecule has 2 saturated heterocycles. The van der Waals surface area contributed by atoms with Gasteiger partial charge in [0, 0.05) is 68.5 Å². The number of hydrogen-bond acceptors (Lipinski definition) is 7. The van der Waals surface area contributed by atoms with E-state index in [9.17, 15) is 13.2 Å². The summed E-state index contributed by atoms with van der Waals surface area (Å²) in [7, 11) is 2.18. The predicted molar refractivity (Wildman–Crippen MR) is 135 cm³/mol. The number of piperazine rings is 1. The third-order valence-electron chi connectivity index (χ3n) is 7.46. The molecule has 0 unspecified atom stereocenters. The summed E-state index contributed by atoms with van der Waals surface area (Å²) in [4.78, 5) is 16.4. The Kier molecular flexibility index (Phi) is 6.12. The van der Waals surface area contributed by atoms with Crippen molar-refractivity contribution in [3.8, 4) is 16.9 Å². The Balaban J connectivity index is 1.21. The number of pyridine rings is 1. The molecule has 0 aliphatic carbocycles. The van der Waals surface area contributed by atoms with Crippen LogP contribution in [0, 0.1) is 0 Å². The lowest BCUT2D eigenvalue weighted by Crippen LogP contribution is -2.52. The van der Waals surface area contributed by atoms with Gasteiger partial charge in [-0.25, -0.2) is 9.50 Å². The number of rotatable bonds is 4. The van der Waals surface area contributed by atoms with Crippen LogP contribution in [-0.2, 0) is 0 Å². The number of benzene rings is 1. The predicted octanol–water partition coefficient (Wildman–Crippen LogP) is 4.06. The van der Waals surface area contributed by atoms with Crippen molar-refractivity contribution in [2.45, 2.75) is 25.2 Å². The fourth-order valence-electron chi connectivity index (χ4n) is 5.45. The van der Waals surface area contributed by atoms with E-state index < -0.39 is 6.36 Å². The summed E-state index contributed by atoms with van der Waals surface area (Å²) >= 11 is 0. The van der Waals surface area contributed by atoms with Crippen molar-refractivity contribution in [2.75, 3.05) is 51.2 Å². The van der Waals surface area contributed by atoms with Crippen molar-refractivity contribution in [1.29, 1.82) is 0 Å². The van der Waals surface area contributed by atoms with Gasteiger partial charge in [-0.1, -0.05) is 0 Å². The minimum absolute atomic E-state index is 0.302. The maximum atomic E-state index is 12.6. The molecule has 194 valence electrons. The summed E-state index contributed by atoms with van der Waals surface area (Å²) < 4.78 is 43.7. The molecule has 8 nitrogen and oxygen atoms in total. The number of alkyl halides is 3. The quantitative estimate of drug-likeness (QED) is 0.410. The Bertz CT molecular complexity index is 1410. The van der Waals surface area contributed by atoms with Crippen LogP contribution >= 0.6 is 0 Å². The third kappa shape index (κ3) is 4.93. The van der Waals surface area contributed by atoms with Gasteiger partial charge in [-0.05, 0) is 43.7 Å². The molecule has 2 fully saturated rings. The first-order valence-electron chi connectivity index (χ1n) is 12.5. The van der Waals surface area contributed by atoms with E-state index in [-0.39, 0.29) is 5.75 Å². The van der Waals surface area contributed by atoms with Gasteiger partial charge in [0.1, 0.15) is 5.75 Å². The lowest BCUT2D eigenvalue weighted by molar-refractivity contribution is -0.274. The van der Waals surface area contributed by atoms with Crippen LogP contribution in [-0.4, -0.2) is 88.1 Å². The largest absolute Gasteiger partial charge is 0.573 e. The van der Waals surface area contributed by atoms with E-state index in [1.165, 1.54) is 12.1 Å². The number of halogens is 3. The molecular weight excluding hydrogens is 483 g/mol. The van der Waals surface area contributed by atoms with Crippen molar-refractivity contribution in [3.05, 3.63) is 49.1 Å². The Morgan fingerprint density at radius 1 is 0.919 bits per heavy atom. The van der Waals surface area contributed by atoms with Gasteiger partial charge in [-0.3, -0.25) is 9.88 Å². The minimum atomic E-state index is -4.75. The molecule has 0 amide bonds. The molecule has 1 aromatic carbocycles. The molecular formula is C26H28F3N7O. The summed E-state index contributed by atoms with van der Waals surface area (Å²) in [6.45, 7) is 6.52. The fraction of sp³-hybridized carbons (Fsp3) is 0.423. The SMILES string of the molecule is CN1CCN(C2CCN(c3cnc4c(-c5ccnc6cc(OC(F)(F)F)ccc56)cnn4c3)CC2)CC1. The molecule has 11 heteroatoms. The Morgan fingerprint density at radius 3 is 2.46 bits per heavy atom. The zero-order chi connectivity index (χ0) is 25.6. The standard InChI is InChI=1S/C26H28F3N7O/c1-33-10-12-35(13-11-33)18-5-8-34(9-6-18)19-15-31-25-23(16-32-36(25)17-19)21-4-7-30-24-14-20(2-3-22(21)24)37-26(27,28)29/h2-4,7,14-18H,5-6,8-13H2,1H3. The van der Waals surface area contributed by atoms with Crippen LogP contribution in [0.5, 0.6) is 5.75 Å². The van der Waals surface area contributed by atoms with E-state index in [4.69, 9.17) is 4.98 Å². The summed E-state index contributed by atoms with van der Waals surface area (Å²) in [6, 6.07) is 6.63. The van der Waals surface area contributed by atoms with E-state index in [0.29, 0.717) is 22.6 Å². The summed E-state index contributed by atoms with van der Waals surface area (Å²) in [5, 5.41) is 5.24. The van der Waals surface area contributed by atoms with Crippen LogP contribution in [0.2, 0.25) is 0 Å². The van der Waals surface area contributed by atoms with Gasteiger partial charge in [0.05, 0.1) is 29.8 Å². The molecule has 0 spiro atoms. The Hall–Kier alpha value is -3.44. The highest BCUT2D eigenvalue weighted by Gasteiger charge is 2.31. The van der Waals surface area contributed by atoms with E-state index in [2.05, 4.69) is 36.6 Å². The molecule has 0 saturated carbocycles. The highest BCUT2D eigenvalue weighted by atomic mass is 19.4. The van der Waals surface area contributed by atoms with Crippen LogP contribution in [0.4, 0.5) is 18.9 Å². The van der Waals surface area contributed by atoms with Crippen LogP contribution in [0.1, 0.15) is 12.8 Å². The first-order valence-corrected chi connectivity index (χ1v) is 12.5. The minimum Gasteiger partial charge on any atom is -0.406 e. The Morgan fingerprint density at radius 2 is 1.70 bits per heavy atom. The van der Waals surface area contributed by atoms with Crippen LogP contribution in [0.3, 0.4) is 0 Å². The molecule has 0 radical (unpaired) electrons. The van der Waals surface area contributed by atoms with E-state index in [0.717, 1.165) is 68.9 Å². The molecule has 2 aliphatic rings. The molecule has 6 rings (SSSR count). The molecule has 4 aromatic rings. The number of anilines is 1. The third-order valence-corrected chi connectivity index (χ3v) is 7.46. The number of piperidine rings is 1. The topological polar surface area (TPSA) is 62.0 Å². The monoisotopic (exact) mass is 511 g/mol. The van der Waals surface area contributed by atoms with Crippen LogP contribution in [0.25, 0.3) is 27.7 Å². The van der Waals surface area contributed by atoms with E-state index in [1.54, 1.807) is 23.0 Å². The van der Waals surface area contributed by atoms with Crippen molar-refractivity contribution in [2.24, 2.45) is 0 Å². The lowest BCUT2D eigenvalue weighted by atomic mass is 10.0. The van der Waals surface area contributed by atoms with Gasteiger partial charge < -0.3 is 14.5 Å². The van der Waals surface area contributed by atoms with Gasteiger partial charge in [0.2, 0.25) is 0 Å². The first kappa shape index (κ1) is 23.9. The van der Waals surface area contributed by atoms with E-state index in [1.807, 2.05) is 18.5 Å². The number of hydrogen-bond donors (Lipinski definition) is 0. The van der Waals surface area contributed by atoms with Gasteiger partial charge in [0.25, 0.3) is 0 Å². The summed E-state index contributed by atoms with van der Waals surface area (Å²) in [5.74, 6) is -0.302. The molecule has 0 atom stereocenters. The van der Waals surface area contributed by atoms with Gasteiger partial charge in [-0.15, -0.1) is 13.2 Å². The average molecular weight is 512 g/mol. The number of ether oxygens (including phenoxy) is 1. The van der Waals surface area contributed by atoms with Crippen molar-refractivity contribution in [1.82, 2.24) is 29.4 Å². The van der Waals surface area contributed by atoms with Gasteiger partial charge in [0.15, 0.2) is 5.65 Å². The molecule has 3 aromatic heterocycles. The smallest absolute Gasteiger partial charge is 0.406 e. The molecule has 5 heterocycles. The molecule has 37 heavy (non-hydrogen) atoms. The van der Waals surface area contributed by atoms with Crippen LogP contribution < -0.4 is 9.64 Å². The maximum Gasteiger partial charge on any atom is 0.573 e. The molecule has 2 aliphatic heterocycles. The first-order chi connectivity index (χ1) is 17.8. The summed E-state index contributed by atoms with van der Waals surface area (Å²) in [6.07, 6.45) is 4.70. The molecule has 0 bridgehead atoms. The van der Waals surface area contributed by atoms with E-state index >= 15 is 0 Å². The zero-order valence-corrected chi connectivity index (χ0v) is 20.5. The highest BCUT2D eigenvalue weighted by Crippen LogP contribution is 2.33. The second kappa shape index (κ2) is 9.46. The number of nitrogens with zero attached hydrogens (tertiary/aromatic N) is 7. The zero-order valence-electron chi connectivity index (χ0n) is 20.5. The highest BCUT2D eigenvalue weighted by molar-refractivity contribution is 5.98. The van der Waals surface area contributed by atoms with Crippen molar-refractivity contribution >= 4 is 22.2 Å². The summed E-state index contributed by atoms with van der Waals surface area (Å²) in [5.41, 5.74) is 3.70. The Labute approximate surface area is 212 Å². The normalized spacial score (nSPS) is 18.6. The van der Waals surface area contributed by atoms with Crippen molar-refractivity contribution < 1.29 is 17.9 Å². The van der Waals surface area contributed by atoms with Gasteiger partial charge >= 0.3 is 6.36 Å². The number of aromatic nitrogens is 4. The van der Waals surface area contributed by atoms with Gasteiger partial charge in [-0.2, -0.15) is 5.10 Å². The fourth-order valence-corrected chi connectivity index (χ4v) is 5.45.